The van der Waals surface area contributed by atoms with Crippen molar-refractivity contribution in [1.82, 2.24) is 14.8 Å². The molecule has 0 unspecified atom stereocenters. The minimum Gasteiger partial charge on any atom is -0.497 e. The van der Waals surface area contributed by atoms with Gasteiger partial charge in [0.25, 0.3) is 0 Å². The Morgan fingerprint density at radius 3 is 2.36 bits per heavy atom. The third-order valence-electron chi connectivity index (χ3n) is 4.82. The monoisotopic (exact) mass is 460 g/mol. The molecule has 1 amide bonds. The summed E-state index contributed by atoms with van der Waals surface area (Å²) in [5, 5.41) is 11.9. The highest BCUT2D eigenvalue weighted by molar-refractivity contribution is 7.99. The summed E-state index contributed by atoms with van der Waals surface area (Å²) in [7, 11) is 1.63. The number of ether oxygens (including phenoxy) is 2. The van der Waals surface area contributed by atoms with Crippen LogP contribution in [-0.2, 0) is 4.79 Å². The lowest BCUT2D eigenvalue weighted by atomic mass is 10.2. The molecule has 1 N–H and O–H groups in total. The van der Waals surface area contributed by atoms with Gasteiger partial charge in [-0.1, -0.05) is 23.9 Å². The number of nitrogens with zero attached hydrogens (tertiary/aromatic N) is 3. The number of hydrogen-bond acceptors (Lipinski definition) is 6. The number of aryl methyl sites for hydroxylation is 2. The van der Waals surface area contributed by atoms with Crippen molar-refractivity contribution in [3.05, 3.63) is 84.2 Å². The number of aromatic nitrogens is 3. The third-order valence-corrected chi connectivity index (χ3v) is 5.75. The van der Waals surface area contributed by atoms with E-state index in [1.54, 1.807) is 7.11 Å². The lowest BCUT2D eigenvalue weighted by molar-refractivity contribution is -0.113. The SMILES string of the molecule is COc1ccc(-n2c(C)nnc2SCC(=O)Nc2ccc(Oc3cccc(C)c3)cc2)cc1. The van der Waals surface area contributed by atoms with Gasteiger partial charge < -0.3 is 14.8 Å². The second-order valence-corrected chi connectivity index (χ2v) is 8.29. The van der Waals surface area contributed by atoms with Gasteiger partial charge in [0.15, 0.2) is 5.16 Å². The van der Waals surface area contributed by atoms with Gasteiger partial charge in [-0.15, -0.1) is 10.2 Å². The van der Waals surface area contributed by atoms with E-state index in [0.29, 0.717) is 16.6 Å². The zero-order valence-corrected chi connectivity index (χ0v) is 19.4. The van der Waals surface area contributed by atoms with Gasteiger partial charge in [-0.25, -0.2) is 0 Å². The van der Waals surface area contributed by atoms with E-state index in [0.717, 1.165) is 28.6 Å². The number of carbonyl (C=O) groups is 1. The highest BCUT2D eigenvalue weighted by Gasteiger charge is 2.14. The molecule has 4 rings (SSSR count). The second-order valence-electron chi connectivity index (χ2n) is 7.34. The van der Waals surface area contributed by atoms with Crippen LogP contribution in [0.1, 0.15) is 11.4 Å². The Hall–Kier alpha value is -3.78. The first kappa shape index (κ1) is 22.4. The van der Waals surface area contributed by atoms with Crippen LogP contribution >= 0.6 is 11.8 Å². The van der Waals surface area contributed by atoms with Crippen molar-refractivity contribution in [2.45, 2.75) is 19.0 Å². The molecule has 0 aliphatic rings. The van der Waals surface area contributed by atoms with Crippen molar-refractivity contribution in [2.24, 2.45) is 0 Å². The maximum atomic E-state index is 12.5. The number of benzene rings is 3. The average Bonchev–Trinajstić information content (AvgIpc) is 3.19. The van der Waals surface area contributed by atoms with E-state index in [-0.39, 0.29) is 11.7 Å². The maximum Gasteiger partial charge on any atom is 0.234 e. The molecule has 0 aliphatic carbocycles. The Bertz CT molecular complexity index is 1240. The van der Waals surface area contributed by atoms with Crippen LogP contribution in [0.3, 0.4) is 0 Å². The molecule has 0 atom stereocenters. The van der Waals surface area contributed by atoms with E-state index < -0.39 is 0 Å². The lowest BCUT2D eigenvalue weighted by Gasteiger charge is -2.10. The largest absolute Gasteiger partial charge is 0.497 e. The smallest absolute Gasteiger partial charge is 0.234 e. The number of methoxy groups -OCH3 is 1. The normalized spacial score (nSPS) is 10.6. The quantitative estimate of drug-likeness (QED) is 0.354. The van der Waals surface area contributed by atoms with Crippen LogP contribution in [0.25, 0.3) is 5.69 Å². The van der Waals surface area contributed by atoms with E-state index in [4.69, 9.17) is 9.47 Å². The van der Waals surface area contributed by atoms with Crippen molar-refractivity contribution in [3.8, 4) is 22.9 Å². The first-order valence-electron chi connectivity index (χ1n) is 10.4. The van der Waals surface area contributed by atoms with Crippen LogP contribution in [-0.4, -0.2) is 33.5 Å². The summed E-state index contributed by atoms with van der Waals surface area (Å²) in [6.07, 6.45) is 0. The van der Waals surface area contributed by atoms with Crippen molar-refractivity contribution in [2.75, 3.05) is 18.2 Å². The van der Waals surface area contributed by atoms with E-state index in [2.05, 4.69) is 15.5 Å². The predicted octanol–water partition coefficient (Wildman–Crippen LogP) is 5.42. The molecule has 0 bridgehead atoms. The van der Waals surface area contributed by atoms with Crippen molar-refractivity contribution in [1.29, 1.82) is 0 Å². The molecule has 0 aliphatic heterocycles. The van der Waals surface area contributed by atoms with E-state index in [1.807, 2.05) is 91.2 Å². The molecule has 168 valence electrons. The topological polar surface area (TPSA) is 78.3 Å². The highest BCUT2D eigenvalue weighted by atomic mass is 32.2. The third kappa shape index (κ3) is 5.72. The van der Waals surface area contributed by atoms with Gasteiger partial charge in [0.1, 0.15) is 23.1 Å². The van der Waals surface area contributed by atoms with Crippen molar-refractivity contribution < 1.29 is 14.3 Å². The predicted molar refractivity (Wildman–Crippen MR) is 130 cm³/mol. The molecule has 1 heterocycles. The number of amides is 1. The summed E-state index contributed by atoms with van der Waals surface area (Å²) >= 11 is 1.33. The van der Waals surface area contributed by atoms with E-state index in [1.165, 1.54) is 11.8 Å². The molecular weight excluding hydrogens is 436 g/mol. The summed E-state index contributed by atoms with van der Waals surface area (Å²) in [5.41, 5.74) is 2.74. The van der Waals surface area contributed by atoms with Crippen molar-refractivity contribution >= 4 is 23.4 Å². The Morgan fingerprint density at radius 2 is 1.67 bits per heavy atom. The number of nitrogens with one attached hydrogen (secondary N) is 1. The van der Waals surface area contributed by atoms with Gasteiger partial charge in [0, 0.05) is 11.4 Å². The van der Waals surface area contributed by atoms with Gasteiger partial charge in [0.2, 0.25) is 5.91 Å². The van der Waals surface area contributed by atoms with E-state index in [9.17, 15) is 4.79 Å². The van der Waals surface area contributed by atoms with E-state index >= 15 is 0 Å². The van der Waals surface area contributed by atoms with Crippen LogP contribution in [0.15, 0.2) is 78.0 Å². The fourth-order valence-corrected chi connectivity index (χ4v) is 4.01. The maximum absolute atomic E-state index is 12.5. The molecule has 7 nitrogen and oxygen atoms in total. The Kier molecular flexibility index (Phi) is 6.95. The van der Waals surface area contributed by atoms with Gasteiger partial charge in [-0.05, 0) is 80.1 Å². The molecule has 0 saturated carbocycles. The summed E-state index contributed by atoms with van der Waals surface area (Å²) in [6, 6.07) is 22.8. The first-order valence-corrected chi connectivity index (χ1v) is 11.3. The number of carbonyl (C=O) groups excluding carboxylic acids is 1. The molecule has 0 saturated heterocycles. The molecule has 8 heteroatoms. The van der Waals surface area contributed by atoms with Crippen LogP contribution in [0.5, 0.6) is 17.2 Å². The molecule has 33 heavy (non-hydrogen) atoms. The average molecular weight is 461 g/mol. The van der Waals surface area contributed by atoms with Gasteiger partial charge in [0.05, 0.1) is 12.9 Å². The number of rotatable bonds is 8. The molecule has 0 fully saturated rings. The zero-order valence-electron chi connectivity index (χ0n) is 18.6. The molecular formula is C25H24N4O3S. The molecule has 1 aromatic heterocycles. The number of anilines is 1. The minimum absolute atomic E-state index is 0.130. The number of thioether (sulfide) groups is 1. The fourth-order valence-electron chi connectivity index (χ4n) is 3.21. The summed E-state index contributed by atoms with van der Waals surface area (Å²) in [4.78, 5) is 12.5. The Morgan fingerprint density at radius 1 is 0.939 bits per heavy atom. The minimum atomic E-state index is -0.130. The lowest BCUT2D eigenvalue weighted by Crippen LogP contribution is -2.14. The highest BCUT2D eigenvalue weighted by Crippen LogP contribution is 2.25. The summed E-state index contributed by atoms with van der Waals surface area (Å²) < 4.78 is 13.0. The van der Waals surface area contributed by atoms with Crippen molar-refractivity contribution in [3.63, 3.8) is 0 Å². The number of hydrogen-bond donors (Lipinski definition) is 1. The fraction of sp³-hybridized carbons (Fsp3) is 0.160. The van der Waals surface area contributed by atoms with Gasteiger partial charge >= 0.3 is 0 Å². The van der Waals surface area contributed by atoms with Gasteiger partial charge in [-0.2, -0.15) is 0 Å². The molecule has 4 aromatic rings. The van der Waals surface area contributed by atoms with Crippen LogP contribution < -0.4 is 14.8 Å². The summed E-state index contributed by atoms with van der Waals surface area (Å²) in [5.74, 6) is 3.07. The molecule has 0 radical (unpaired) electrons. The zero-order chi connectivity index (χ0) is 23.2. The summed E-state index contributed by atoms with van der Waals surface area (Å²) in [6.45, 7) is 3.89. The standard InChI is InChI=1S/C25H24N4O3S/c1-17-5-4-6-23(15-17)32-22-11-7-19(8-12-22)26-24(30)16-33-25-28-27-18(2)29(25)20-9-13-21(31-3)14-10-20/h4-15H,16H2,1-3H3,(H,26,30). The van der Waals surface area contributed by atoms with Crippen LogP contribution in [0.4, 0.5) is 5.69 Å². The Labute approximate surface area is 196 Å². The van der Waals surface area contributed by atoms with Gasteiger partial charge in [-0.3, -0.25) is 9.36 Å². The van der Waals surface area contributed by atoms with Crippen LogP contribution in [0.2, 0.25) is 0 Å². The first-order chi connectivity index (χ1) is 16.0. The Balaban J connectivity index is 1.35. The van der Waals surface area contributed by atoms with Crippen LogP contribution in [0, 0.1) is 13.8 Å². The second kappa shape index (κ2) is 10.2. The molecule has 3 aromatic carbocycles. The molecule has 0 spiro atoms.